The van der Waals surface area contributed by atoms with E-state index >= 15 is 0 Å². The van der Waals surface area contributed by atoms with E-state index in [-0.39, 0.29) is 29.0 Å². The number of nitro benzene ring substituents is 1. The average molecular weight is 451 g/mol. The molecule has 32 heavy (non-hydrogen) atoms. The predicted molar refractivity (Wildman–Crippen MR) is 116 cm³/mol. The minimum absolute atomic E-state index is 0.0682. The molecule has 0 unspecified atom stereocenters. The summed E-state index contributed by atoms with van der Waals surface area (Å²) in [7, 11) is 0. The third kappa shape index (κ3) is 3.83. The largest absolute Gasteiger partial charge is 0.457 e. The highest BCUT2D eigenvalue weighted by atomic mass is 35.5. The van der Waals surface area contributed by atoms with Crippen LogP contribution in [0.2, 0.25) is 5.02 Å². The number of esters is 1. The molecule has 0 bridgehead atoms. The van der Waals surface area contributed by atoms with Crippen molar-refractivity contribution in [2.24, 2.45) is 0 Å². The lowest BCUT2D eigenvalue weighted by Gasteiger charge is -2.14. The number of carbonyl (C=O) groups excluding carboxylic acids is 3. The number of imide groups is 1. The van der Waals surface area contributed by atoms with Gasteiger partial charge < -0.3 is 4.74 Å². The van der Waals surface area contributed by atoms with E-state index in [4.69, 9.17) is 16.3 Å². The molecule has 3 aromatic carbocycles. The third-order valence-corrected chi connectivity index (χ3v) is 5.46. The van der Waals surface area contributed by atoms with E-state index in [1.54, 1.807) is 12.1 Å². The number of amides is 2. The van der Waals surface area contributed by atoms with E-state index in [1.165, 1.54) is 48.5 Å². The maximum absolute atomic E-state index is 12.9. The quantitative estimate of drug-likeness (QED) is 0.241. The van der Waals surface area contributed by atoms with Crippen LogP contribution in [-0.4, -0.2) is 22.7 Å². The van der Waals surface area contributed by atoms with Crippen LogP contribution in [0.3, 0.4) is 0 Å². The number of benzene rings is 3. The molecule has 160 valence electrons. The highest BCUT2D eigenvalue weighted by Crippen LogP contribution is 2.31. The summed E-state index contributed by atoms with van der Waals surface area (Å²) in [6.07, 6.45) is 0. The van der Waals surface area contributed by atoms with Crippen LogP contribution in [0.1, 0.15) is 42.2 Å². The van der Waals surface area contributed by atoms with E-state index in [2.05, 4.69) is 0 Å². The highest BCUT2D eigenvalue weighted by Gasteiger charge is 2.37. The van der Waals surface area contributed by atoms with Crippen LogP contribution in [0.5, 0.6) is 0 Å². The second kappa shape index (κ2) is 8.24. The zero-order valence-electron chi connectivity index (χ0n) is 16.7. The zero-order valence-corrected chi connectivity index (χ0v) is 17.5. The predicted octanol–water partition coefficient (Wildman–Crippen LogP) is 4.71. The number of non-ortho nitro benzene ring substituents is 1. The van der Waals surface area contributed by atoms with Crippen molar-refractivity contribution in [3.63, 3.8) is 0 Å². The first-order valence-corrected chi connectivity index (χ1v) is 9.83. The summed E-state index contributed by atoms with van der Waals surface area (Å²) in [4.78, 5) is 49.3. The van der Waals surface area contributed by atoms with Crippen LogP contribution in [0, 0.1) is 17.0 Å². The van der Waals surface area contributed by atoms with Gasteiger partial charge in [-0.05, 0) is 60.5 Å². The molecule has 8 nitrogen and oxygen atoms in total. The zero-order chi connectivity index (χ0) is 23.0. The maximum atomic E-state index is 12.9. The first-order chi connectivity index (χ1) is 15.3. The summed E-state index contributed by atoms with van der Waals surface area (Å²) >= 11 is 6.13. The summed E-state index contributed by atoms with van der Waals surface area (Å²) in [6, 6.07) is 14.6. The molecule has 0 radical (unpaired) electrons. The highest BCUT2D eigenvalue weighted by molar-refractivity contribution is 6.36. The lowest BCUT2D eigenvalue weighted by molar-refractivity contribution is -0.384. The standard InChI is InChI=1S/C23H15ClN2O6/c1-13-2-6-17(11-20(13)24)25-21(27)18-9-5-15(10-19(18)22(25)28)23(29)32-12-14-3-7-16(8-4-14)26(30)31/h2-11H,12H2,1H3. The van der Waals surface area contributed by atoms with Crippen molar-refractivity contribution in [3.05, 3.63) is 104 Å². The van der Waals surface area contributed by atoms with E-state index < -0.39 is 22.7 Å². The van der Waals surface area contributed by atoms with Crippen molar-refractivity contribution in [1.29, 1.82) is 0 Å². The van der Waals surface area contributed by atoms with Crippen LogP contribution in [0.25, 0.3) is 0 Å². The van der Waals surface area contributed by atoms with Crippen molar-refractivity contribution < 1.29 is 24.0 Å². The first kappa shape index (κ1) is 21.2. The van der Waals surface area contributed by atoms with Gasteiger partial charge in [0.05, 0.1) is 27.3 Å². The fourth-order valence-electron chi connectivity index (χ4n) is 3.27. The number of carbonyl (C=O) groups is 3. The Labute approximate surface area is 187 Å². The van der Waals surface area contributed by atoms with Gasteiger partial charge in [-0.15, -0.1) is 0 Å². The van der Waals surface area contributed by atoms with Gasteiger partial charge >= 0.3 is 5.97 Å². The van der Waals surface area contributed by atoms with Crippen molar-refractivity contribution in [2.45, 2.75) is 13.5 Å². The Morgan fingerprint density at radius 1 is 1.00 bits per heavy atom. The summed E-state index contributed by atoms with van der Waals surface area (Å²) < 4.78 is 5.24. The number of aryl methyl sites for hydroxylation is 1. The number of hydrogen-bond acceptors (Lipinski definition) is 6. The third-order valence-electron chi connectivity index (χ3n) is 5.05. The lowest BCUT2D eigenvalue weighted by atomic mass is 10.1. The minimum atomic E-state index is -0.691. The van der Waals surface area contributed by atoms with Gasteiger partial charge in [-0.2, -0.15) is 0 Å². The fraction of sp³-hybridized carbons (Fsp3) is 0.0870. The molecule has 4 rings (SSSR count). The van der Waals surface area contributed by atoms with E-state index in [0.29, 0.717) is 16.3 Å². The molecule has 0 fully saturated rings. The number of ether oxygens (including phenoxy) is 1. The molecule has 0 saturated carbocycles. The number of anilines is 1. The van der Waals surface area contributed by atoms with Crippen molar-refractivity contribution in [1.82, 2.24) is 0 Å². The van der Waals surface area contributed by atoms with Crippen LogP contribution in [0.4, 0.5) is 11.4 Å². The van der Waals surface area contributed by atoms with Gasteiger partial charge in [0.2, 0.25) is 0 Å². The molecule has 9 heteroatoms. The molecular formula is C23H15ClN2O6. The summed E-state index contributed by atoms with van der Waals surface area (Å²) in [5.41, 5.74) is 2.03. The van der Waals surface area contributed by atoms with Gasteiger partial charge in [-0.3, -0.25) is 19.7 Å². The van der Waals surface area contributed by atoms with Crippen LogP contribution < -0.4 is 4.90 Å². The van der Waals surface area contributed by atoms with Crippen molar-refractivity contribution >= 4 is 40.8 Å². The first-order valence-electron chi connectivity index (χ1n) is 9.45. The van der Waals surface area contributed by atoms with Gasteiger partial charge in [-0.25, -0.2) is 9.69 Å². The Morgan fingerprint density at radius 3 is 2.34 bits per heavy atom. The monoisotopic (exact) mass is 450 g/mol. The molecule has 1 aliphatic heterocycles. The molecule has 0 saturated heterocycles. The summed E-state index contributed by atoms with van der Waals surface area (Å²) in [5, 5.41) is 11.1. The van der Waals surface area contributed by atoms with Crippen molar-refractivity contribution in [3.8, 4) is 0 Å². The number of hydrogen-bond donors (Lipinski definition) is 0. The topological polar surface area (TPSA) is 107 Å². The second-order valence-electron chi connectivity index (χ2n) is 7.14. The molecule has 0 aliphatic carbocycles. The van der Waals surface area contributed by atoms with Gasteiger partial charge in [-0.1, -0.05) is 17.7 Å². The Kier molecular flexibility index (Phi) is 5.46. The van der Waals surface area contributed by atoms with E-state index in [0.717, 1.165) is 10.5 Å². The number of nitro groups is 1. The number of halogens is 1. The van der Waals surface area contributed by atoms with Crippen LogP contribution in [-0.2, 0) is 11.3 Å². The molecule has 0 spiro atoms. The number of nitrogens with zero attached hydrogens (tertiary/aromatic N) is 2. The smallest absolute Gasteiger partial charge is 0.338 e. The molecule has 0 aromatic heterocycles. The summed E-state index contributed by atoms with van der Waals surface area (Å²) in [6.45, 7) is 1.71. The molecule has 2 amide bonds. The molecular weight excluding hydrogens is 436 g/mol. The SMILES string of the molecule is Cc1ccc(N2C(=O)c3ccc(C(=O)OCc4ccc([N+](=O)[O-])cc4)cc3C2=O)cc1Cl. The molecule has 0 N–H and O–H groups in total. The van der Waals surface area contributed by atoms with Crippen LogP contribution >= 0.6 is 11.6 Å². The Hall–Kier alpha value is -4.04. The van der Waals surface area contributed by atoms with Gasteiger partial charge in [0.15, 0.2) is 0 Å². The fourth-order valence-corrected chi connectivity index (χ4v) is 3.44. The van der Waals surface area contributed by atoms with E-state index in [1.807, 2.05) is 6.92 Å². The van der Waals surface area contributed by atoms with Crippen molar-refractivity contribution in [2.75, 3.05) is 4.90 Å². The van der Waals surface area contributed by atoms with Crippen LogP contribution in [0.15, 0.2) is 60.7 Å². The Balaban J connectivity index is 1.52. The molecule has 0 atom stereocenters. The molecule has 1 heterocycles. The Morgan fingerprint density at radius 2 is 1.69 bits per heavy atom. The van der Waals surface area contributed by atoms with Gasteiger partial charge in [0, 0.05) is 17.2 Å². The normalized spacial score (nSPS) is 12.6. The lowest BCUT2D eigenvalue weighted by Crippen LogP contribution is -2.29. The number of fused-ring (bicyclic) bond motifs is 1. The van der Waals surface area contributed by atoms with Gasteiger partial charge in [0.25, 0.3) is 17.5 Å². The summed E-state index contributed by atoms with van der Waals surface area (Å²) in [5.74, 6) is -1.76. The molecule has 3 aromatic rings. The van der Waals surface area contributed by atoms with E-state index in [9.17, 15) is 24.5 Å². The second-order valence-corrected chi connectivity index (χ2v) is 7.55. The van der Waals surface area contributed by atoms with Gasteiger partial charge in [0.1, 0.15) is 6.61 Å². The molecule has 1 aliphatic rings. The Bertz CT molecular complexity index is 1290. The maximum Gasteiger partial charge on any atom is 0.338 e. The number of rotatable bonds is 5. The average Bonchev–Trinajstić information content (AvgIpc) is 3.04. The minimum Gasteiger partial charge on any atom is -0.457 e.